The lowest BCUT2D eigenvalue weighted by Gasteiger charge is -2.04. The highest BCUT2D eigenvalue weighted by Crippen LogP contribution is 2.27. The molecule has 0 saturated heterocycles. The molecule has 72 valence electrons. The highest BCUT2D eigenvalue weighted by molar-refractivity contribution is 7.81. The van der Waals surface area contributed by atoms with Gasteiger partial charge < -0.3 is 4.55 Å². The predicted octanol–water partition coefficient (Wildman–Crippen LogP) is 2.71. The van der Waals surface area contributed by atoms with Crippen LogP contribution in [0.3, 0.4) is 0 Å². The van der Waals surface area contributed by atoms with Crippen LogP contribution < -0.4 is 0 Å². The summed E-state index contributed by atoms with van der Waals surface area (Å²) in [6.45, 7) is 0. The van der Waals surface area contributed by atoms with Crippen molar-refractivity contribution in [2.45, 2.75) is 9.79 Å². The third-order valence-corrected chi connectivity index (χ3v) is 3.12. The quantitative estimate of drug-likeness (QED) is 0.577. The van der Waals surface area contributed by atoms with E-state index in [2.05, 4.69) is 12.6 Å². The summed E-state index contributed by atoms with van der Waals surface area (Å²) in [5, 5.41) is 1.68. The lowest BCUT2D eigenvalue weighted by Crippen LogP contribution is -1.90. The maximum Gasteiger partial charge on any atom is 0.187 e. The zero-order valence-electron chi connectivity index (χ0n) is 7.18. The first-order valence-corrected chi connectivity index (χ1v) is 5.57. The Morgan fingerprint density at radius 2 is 1.79 bits per heavy atom. The smallest absolute Gasteiger partial charge is 0.187 e. The summed E-state index contributed by atoms with van der Waals surface area (Å²) in [5.74, 6) is 0. The van der Waals surface area contributed by atoms with E-state index >= 15 is 0 Å². The number of thiol groups is 1. The number of fused-ring (bicyclic) bond motifs is 1. The van der Waals surface area contributed by atoms with Gasteiger partial charge in [-0.15, -0.1) is 12.6 Å². The Balaban J connectivity index is 2.91. The molecule has 0 aliphatic heterocycles. The molecule has 1 N–H and O–H groups in total. The van der Waals surface area contributed by atoms with Gasteiger partial charge in [0.25, 0.3) is 0 Å². The highest BCUT2D eigenvalue weighted by Gasteiger charge is 2.07. The molecule has 2 nitrogen and oxygen atoms in total. The van der Waals surface area contributed by atoms with Gasteiger partial charge in [-0.1, -0.05) is 24.3 Å². The van der Waals surface area contributed by atoms with Gasteiger partial charge in [0.1, 0.15) is 0 Å². The lowest BCUT2D eigenvalue weighted by molar-refractivity contribution is 0.565. The zero-order chi connectivity index (χ0) is 10.1. The molecule has 0 amide bonds. The van der Waals surface area contributed by atoms with Crippen LogP contribution in [0.5, 0.6) is 0 Å². The molecule has 2 aromatic rings. The van der Waals surface area contributed by atoms with E-state index in [1.807, 2.05) is 24.3 Å². The molecular weight excluding hydrogens is 216 g/mol. The zero-order valence-corrected chi connectivity index (χ0v) is 8.89. The number of hydrogen-bond acceptors (Lipinski definition) is 2. The van der Waals surface area contributed by atoms with Gasteiger partial charge in [-0.25, -0.2) is 4.21 Å². The second kappa shape index (κ2) is 3.73. The van der Waals surface area contributed by atoms with Crippen LogP contribution in [-0.4, -0.2) is 8.76 Å². The molecule has 0 aromatic heterocycles. The molecule has 0 aliphatic rings. The first-order valence-electron chi connectivity index (χ1n) is 4.02. The number of benzene rings is 2. The van der Waals surface area contributed by atoms with E-state index in [1.165, 1.54) is 0 Å². The normalized spacial score (nSPS) is 13.0. The van der Waals surface area contributed by atoms with Crippen LogP contribution in [0.2, 0.25) is 0 Å². The average molecular weight is 224 g/mol. The largest absolute Gasteiger partial charge is 0.302 e. The number of rotatable bonds is 1. The minimum Gasteiger partial charge on any atom is -0.302 e. The summed E-state index contributed by atoms with van der Waals surface area (Å²) < 4.78 is 20.1. The Morgan fingerprint density at radius 3 is 2.43 bits per heavy atom. The summed E-state index contributed by atoms with van der Waals surface area (Å²) in [7, 11) is 0. The van der Waals surface area contributed by atoms with Gasteiger partial charge in [-0.2, -0.15) is 0 Å². The van der Waals surface area contributed by atoms with Crippen molar-refractivity contribution >= 4 is 34.5 Å². The third-order valence-electron chi connectivity index (χ3n) is 2.03. The van der Waals surface area contributed by atoms with E-state index in [0.29, 0.717) is 4.90 Å². The molecule has 2 rings (SSSR count). The molecule has 1 atom stereocenters. The van der Waals surface area contributed by atoms with Crippen molar-refractivity contribution in [2.24, 2.45) is 0 Å². The van der Waals surface area contributed by atoms with Crippen LogP contribution in [-0.2, 0) is 11.1 Å². The minimum atomic E-state index is -1.96. The monoisotopic (exact) mass is 224 g/mol. The van der Waals surface area contributed by atoms with E-state index < -0.39 is 11.1 Å². The van der Waals surface area contributed by atoms with Gasteiger partial charge in [0.2, 0.25) is 0 Å². The molecule has 2 aromatic carbocycles. The first kappa shape index (κ1) is 9.71. The van der Waals surface area contributed by atoms with Crippen molar-refractivity contribution in [3.05, 3.63) is 36.4 Å². The van der Waals surface area contributed by atoms with Crippen LogP contribution in [0, 0.1) is 0 Å². The molecular formula is C10H8O2S2. The number of hydrogen-bond donors (Lipinski definition) is 2. The molecule has 1 unspecified atom stereocenters. The van der Waals surface area contributed by atoms with E-state index in [0.717, 1.165) is 15.7 Å². The third kappa shape index (κ3) is 1.56. The predicted molar refractivity (Wildman–Crippen MR) is 60.2 cm³/mol. The minimum absolute atomic E-state index is 0.410. The SMILES string of the molecule is O=S(O)c1cccc2cccc(S)c12. The van der Waals surface area contributed by atoms with Gasteiger partial charge in [-0.3, -0.25) is 0 Å². The summed E-state index contributed by atoms with van der Waals surface area (Å²) in [5.41, 5.74) is 0. The average Bonchev–Trinajstić information content (AvgIpc) is 2.17. The maximum absolute atomic E-state index is 11.0. The van der Waals surface area contributed by atoms with Crippen molar-refractivity contribution in [1.82, 2.24) is 0 Å². The van der Waals surface area contributed by atoms with Crippen LogP contribution in [0.25, 0.3) is 10.8 Å². The summed E-state index contributed by atoms with van der Waals surface area (Å²) in [6, 6.07) is 10.9. The maximum atomic E-state index is 11.0. The van der Waals surface area contributed by atoms with Crippen molar-refractivity contribution < 1.29 is 8.76 Å². The molecule has 0 bridgehead atoms. The van der Waals surface area contributed by atoms with E-state index in [9.17, 15) is 4.21 Å². The van der Waals surface area contributed by atoms with Crippen LogP contribution in [0.15, 0.2) is 46.2 Å². The van der Waals surface area contributed by atoms with Crippen molar-refractivity contribution in [3.8, 4) is 0 Å². The van der Waals surface area contributed by atoms with Crippen LogP contribution in [0.4, 0.5) is 0 Å². The Hall–Kier alpha value is -0.840. The molecule has 0 heterocycles. The lowest BCUT2D eigenvalue weighted by atomic mass is 10.1. The molecule has 14 heavy (non-hydrogen) atoms. The van der Waals surface area contributed by atoms with Crippen molar-refractivity contribution in [3.63, 3.8) is 0 Å². The van der Waals surface area contributed by atoms with Crippen LogP contribution >= 0.6 is 12.6 Å². The Bertz CT molecular complexity index is 503. The fourth-order valence-electron chi connectivity index (χ4n) is 1.43. The second-order valence-electron chi connectivity index (χ2n) is 2.88. The molecule has 0 saturated carbocycles. The Labute approximate surface area is 89.6 Å². The standard InChI is InChI=1S/C10H8O2S2/c11-14(12)9-6-2-4-7-3-1-5-8(13)10(7)9/h1-6,13H,(H,11,12). The van der Waals surface area contributed by atoms with Gasteiger partial charge in [0.05, 0.1) is 4.90 Å². The first-order chi connectivity index (χ1) is 6.70. The fraction of sp³-hybridized carbons (Fsp3) is 0. The van der Waals surface area contributed by atoms with Crippen molar-refractivity contribution in [2.75, 3.05) is 0 Å². The highest BCUT2D eigenvalue weighted by atomic mass is 32.2. The van der Waals surface area contributed by atoms with E-state index in [1.54, 1.807) is 12.1 Å². The summed E-state index contributed by atoms with van der Waals surface area (Å²) >= 11 is 2.31. The molecule has 4 heteroatoms. The Morgan fingerprint density at radius 1 is 1.14 bits per heavy atom. The molecule has 0 aliphatic carbocycles. The summed E-state index contributed by atoms with van der Waals surface area (Å²) in [6.07, 6.45) is 0. The Kier molecular flexibility index (Phi) is 2.58. The van der Waals surface area contributed by atoms with Gasteiger partial charge >= 0.3 is 0 Å². The van der Waals surface area contributed by atoms with E-state index in [4.69, 9.17) is 4.55 Å². The van der Waals surface area contributed by atoms with Gasteiger partial charge in [0.15, 0.2) is 11.1 Å². The van der Waals surface area contributed by atoms with Crippen molar-refractivity contribution in [1.29, 1.82) is 0 Å². The van der Waals surface area contributed by atoms with E-state index in [-0.39, 0.29) is 0 Å². The molecule has 0 spiro atoms. The van der Waals surface area contributed by atoms with Crippen LogP contribution in [0.1, 0.15) is 0 Å². The van der Waals surface area contributed by atoms with Gasteiger partial charge in [-0.05, 0) is 17.5 Å². The van der Waals surface area contributed by atoms with Gasteiger partial charge in [0, 0.05) is 10.3 Å². The molecule has 0 fully saturated rings. The summed E-state index contributed by atoms with van der Waals surface area (Å²) in [4.78, 5) is 1.13. The molecule has 0 radical (unpaired) electrons. The second-order valence-corrected chi connectivity index (χ2v) is 4.30. The topological polar surface area (TPSA) is 37.3 Å². The fourth-order valence-corrected chi connectivity index (χ4v) is 2.44.